The molecule has 2 aromatic rings. The molecule has 1 heterocycles. The number of anilines is 1. The van der Waals surface area contributed by atoms with Gasteiger partial charge in [0.05, 0.1) is 5.69 Å². The summed E-state index contributed by atoms with van der Waals surface area (Å²) in [6, 6.07) is 9.44. The molecule has 2 atom stereocenters. The highest BCUT2D eigenvalue weighted by Crippen LogP contribution is 2.34. The number of nitrogens with one attached hydrogen (secondary N) is 2. The maximum Gasteiger partial charge on any atom is 0.271 e. The second-order valence-corrected chi connectivity index (χ2v) is 5.92. The molecule has 2 aromatic carbocycles. The van der Waals surface area contributed by atoms with Gasteiger partial charge in [0.1, 0.15) is 5.82 Å². The molecule has 4 nitrogen and oxygen atoms in total. The van der Waals surface area contributed by atoms with Crippen LogP contribution in [0.4, 0.5) is 18.9 Å². The second-order valence-electron chi connectivity index (χ2n) is 5.92. The zero-order valence-corrected chi connectivity index (χ0v) is 13.5. The molecule has 25 heavy (non-hydrogen) atoms. The maximum atomic E-state index is 13.7. The molecule has 0 aromatic heterocycles. The molecule has 3 rings (SSSR count). The third-order valence-corrected chi connectivity index (χ3v) is 4.42. The molecule has 7 heteroatoms. The largest absolute Gasteiger partial charge is 0.355 e. The van der Waals surface area contributed by atoms with Crippen LogP contribution in [0.15, 0.2) is 42.5 Å². The summed E-state index contributed by atoms with van der Waals surface area (Å²) in [7, 11) is 1.36. The van der Waals surface area contributed by atoms with Crippen molar-refractivity contribution in [3.05, 3.63) is 65.5 Å². The van der Waals surface area contributed by atoms with E-state index in [0.717, 1.165) is 12.1 Å². The smallest absolute Gasteiger partial charge is 0.271 e. The van der Waals surface area contributed by atoms with E-state index in [1.165, 1.54) is 31.4 Å². The number of amides is 1. The Morgan fingerprint density at radius 2 is 1.92 bits per heavy atom. The van der Waals surface area contributed by atoms with Crippen LogP contribution in [-0.2, 0) is 9.53 Å². The van der Waals surface area contributed by atoms with Gasteiger partial charge in [-0.1, -0.05) is 18.2 Å². The van der Waals surface area contributed by atoms with Crippen LogP contribution in [0.25, 0.3) is 0 Å². The summed E-state index contributed by atoms with van der Waals surface area (Å²) in [5.74, 6) is -3.22. The number of halogens is 3. The van der Waals surface area contributed by atoms with Crippen LogP contribution < -0.4 is 10.6 Å². The van der Waals surface area contributed by atoms with Crippen LogP contribution in [0.3, 0.4) is 0 Å². The van der Waals surface area contributed by atoms with Gasteiger partial charge in [-0.25, -0.2) is 13.2 Å². The minimum Gasteiger partial charge on any atom is -0.355 e. The lowest BCUT2D eigenvalue weighted by Gasteiger charge is -2.26. The van der Waals surface area contributed by atoms with Crippen molar-refractivity contribution in [2.45, 2.75) is 18.1 Å². The number of rotatable bonds is 4. The standard InChI is InChI=1S/C18H17F3N2O2/c1-25-18(17(24)23-16-5-3-2-4-14(16)20)9-12(10-22-18)11-6-7-13(19)15(21)8-11/h2-8,12,22H,9-10H2,1H3,(H,23,24). The summed E-state index contributed by atoms with van der Waals surface area (Å²) >= 11 is 0. The van der Waals surface area contributed by atoms with Crippen molar-refractivity contribution in [1.82, 2.24) is 5.32 Å². The zero-order chi connectivity index (χ0) is 18.0. The fourth-order valence-electron chi connectivity index (χ4n) is 2.99. The van der Waals surface area contributed by atoms with E-state index in [4.69, 9.17) is 4.74 Å². The number of hydrogen-bond acceptors (Lipinski definition) is 3. The van der Waals surface area contributed by atoms with Gasteiger partial charge in [0.15, 0.2) is 17.4 Å². The number of methoxy groups -OCH3 is 1. The fraction of sp³-hybridized carbons (Fsp3) is 0.278. The molecule has 0 aliphatic carbocycles. The summed E-state index contributed by atoms with van der Waals surface area (Å²) in [4.78, 5) is 12.6. The summed E-state index contributed by atoms with van der Waals surface area (Å²) in [5.41, 5.74) is -0.774. The highest BCUT2D eigenvalue weighted by atomic mass is 19.2. The monoisotopic (exact) mass is 350 g/mol. The number of ether oxygens (including phenoxy) is 1. The predicted octanol–water partition coefficient (Wildman–Crippen LogP) is 3.16. The van der Waals surface area contributed by atoms with Crippen LogP contribution in [0.5, 0.6) is 0 Å². The zero-order valence-electron chi connectivity index (χ0n) is 13.5. The average Bonchev–Trinajstić information content (AvgIpc) is 3.05. The van der Waals surface area contributed by atoms with E-state index in [-0.39, 0.29) is 18.0 Å². The molecule has 132 valence electrons. The third-order valence-electron chi connectivity index (χ3n) is 4.42. The molecule has 0 saturated carbocycles. The van der Waals surface area contributed by atoms with Crippen LogP contribution in [-0.4, -0.2) is 25.3 Å². The first-order chi connectivity index (χ1) is 11.9. The van der Waals surface area contributed by atoms with Crippen molar-refractivity contribution in [3.8, 4) is 0 Å². The Bertz CT molecular complexity index is 800. The van der Waals surface area contributed by atoms with Gasteiger partial charge in [0.2, 0.25) is 0 Å². The second kappa shape index (κ2) is 6.85. The van der Waals surface area contributed by atoms with Gasteiger partial charge >= 0.3 is 0 Å². The molecule has 0 bridgehead atoms. The van der Waals surface area contributed by atoms with E-state index in [0.29, 0.717) is 12.1 Å². The topological polar surface area (TPSA) is 50.4 Å². The average molecular weight is 350 g/mol. The quantitative estimate of drug-likeness (QED) is 0.891. The lowest BCUT2D eigenvalue weighted by Crippen LogP contribution is -2.52. The minimum atomic E-state index is -1.38. The van der Waals surface area contributed by atoms with E-state index < -0.39 is 29.1 Å². The lowest BCUT2D eigenvalue weighted by atomic mass is 9.94. The van der Waals surface area contributed by atoms with Crippen molar-refractivity contribution in [3.63, 3.8) is 0 Å². The van der Waals surface area contributed by atoms with Gasteiger partial charge in [-0.3, -0.25) is 10.1 Å². The Morgan fingerprint density at radius 3 is 2.60 bits per heavy atom. The maximum absolute atomic E-state index is 13.7. The highest BCUT2D eigenvalue weighted by molar-refractivity contribution is 5.97. The Labute approximate surface area is 143 Å². The molecule has 2 N–H and O–H groups in total. The first-order valence-corrected chi connectivity index (χ1v) is 7.76. The Morgan fingerprint density at radius 1 is 1.16 bits per heavy atom. The van der Waals surface area contributed by atoms with Crippen LogP contribution >= 0.6 is 0 Å². The molecule has 1 amide bonds. The van der Waals surface area contributed by atoms with Gasteiger partial charge in [-0.05, 0) is 29.8 Å². The summed E-state index contributed by atoms with van der Waals surface area (Å²) < 4.78 is 45.6. The predicted molar refractivity (Wildman–Crippen MR) is 86.5 cm³/mol. The lowest BCUT2D eigenvalue weighted by molar-refractivity contribution is -0.140. The van der Waals surface area contributed by atoms with Crippen LogP contribution in [0.2, 0.25) is 0 Å². The molecular formula is C18H17F3N2O2. The number of carbonyl (C=O) groups is 1. The summed E-state index contributed by atoms with van der Waals surface area (Å²) in [5, 5.41) is 5.47. The Kier molecular flexibility index (Phi) is 4.78. The van der Waals surface area contributed by atoms with Gasteiger partial charge in [0.25, 0.3) is 5.91 Å². The van der Waals surface area contributed by atoms with Crippen molar-refractivity contribution < 1.29 is 22.7 Å². The molecule has 1 aliphatic heterocycles. The van der Waals surface area contributed by atoms with Crippen molar-refractivity contribution in [1.29, 1.82) is 0 Å². The molecule has 1 saturated heterocycles. The Hall–Kier alpha value is -2.38. The normalized spacial score (nSPS) is 22.8. The molecule has 1 fully saturated rings. The third kappa shape index (κ3) is 3.38. The first-order valence-electron chi connectivity index (χ1n) is 7.76. The number of para-hydroxylation sites is 1. The van der Waals surface area contributed by atoms with Crippen molar-refractivity contribution in [2.24, 2.45) is 0 Å². The molecule has 1 aliphatic rings. The van der Waals surface area contributed by atoms with E-state index in [9.17, 15) is 18.0 Å². The molecule has 0 spiro atoms. The Balaban J connectivity index is 1.78. The van der Waals surface area contributed by atoms with Crippen molar-refractivity contribution in [2.75, 3.05) is 19.0 Å². The first kappa shape index (κ1) is 17.4. The van der Waals surface area contributed by atoms with E-state index in [1.807, 2.05) is 0 Å². The minimum absolute atomic E-state index is 0.0435. The van der Waals surface area contributed by atoms with Gasteiger partial charge < -0.3 is 10.1 Å². The highest BCUT2D eigenvalue weighted by Gasteiger charge is 2.46. The SMILES string of the molecule is COC1(C(=O)Nc2ccccc2F)CC(c2ccc(F)c(F)c2)CN1. The van der Waals surface area contributed by atoms with E-state index in [1.54, 1.807) is 6.07 Å². The van der Waals surface area contributed by atoms with Gasteiger partial charge in [-0.15, -0.1) is 0 Å². The summed E-state index contributed by atoms with van der Waals surface area (Å²) in [6.45, 7) is 0.337. The van der Waals surface area contributed by atoms with Crippen molar-refractivity contribution >= 4 is 11.6 Å². The molecular weight excluding hydrogens is 333 g/mol. The van der Waals surface area contributed by atoms with Crippen LogP contribution in [0, 0.1) is 17.5 Å². The fourth-order valence-corrected chi connectivity index (χ4v) is 2.99. The van der Waals surface area contributed by atoms with Crippen LogP contribution in [0.1, 0.15) is 17.9 Å². The van der Waals surface area contributed by atoms with E-state index >= 15 is 0 Å². The number of hydrogen-bond donors (Lipinski definition) is 2. The summed E-state index contributed by atoms with van der Waals surface area (Å²) in [6.07, 6.45) is 0.203. The van der Waals surface area contributed by atoms with Gasteiger partial charge in [0, 0.05) is 26.0 Å². The van der Waals surface area contributed by atoms with Gasteiger partial charge in [-0.2, -0.15) is 0 Å². The van der Waals surface area contributed by atoms with E-state index in [2.05, 4.69) is 10.6 Å². The molecule has 2 unspecified atom stereocenters. The number of benzene rings is 2. The number of carbonyl (C=O) groups excluding carboxylic acids is 1. The molecule has 0 radical (unpaired) electrons.